The first kappa shape index (κ1) is 25.8. The number of aromatic nitrogens is 1. The van der Waals surface area contributed by atoms with E-state index in [0.717, 1.165) is 11.3 Å². The van der Waals surface area contributed by atoms with Gasteiger partial charge in [0.1, 0.15) is 6.04 Å². The van der Waals surface area contributed by atoms with Gasteiger partial charge >= 0.3 is 5.97 Å². The van der Waals surface area contributed by atoms with Gasteiger partial charge in [-0.05, 0) is 50.6 Å². The Morgan fingerprint density at radius 1 is 1.19 bits per heavy atom. The molecule has 0 N–H and O–H groups in total. The van der Waals surface area contributed by atoms with Gasteiger partial charge in [0.25, 0.3) is 11.2 Å². The molecule has 192 valence electrons. The van der Waals surface area contributed by atoms with Crippen molar-refractivity contribution in [3.05, 3.63) is 94.7 Å². The number of hydrogen-bond acceptors (Lipinski definition) is 9. The third kappa shape index (κ3) is 4.90. The Labute approximate surface area is 215 Å². The lowest BCUT2D eigenvalue weighted by Crippen LogP contribution is -2.40. The number of thiazole rings is 1. The van der Waals surface area contributed by atoms with Crippen molar-refractivity contribution in [1.82, 2.24) is 4.57 Å². The van der Waals surface area contributed by atoms with Crippen molar-refractivity contribution >= 4 is 29.1 Å². The molecule has 0 saturated heterocycles. The molecule has 0 unspecified atom stereocenters. The van der Waals surface area contributed by atoms with E-state index < -0.39 is 16.9 Å². The molecule has 3 aromatic rings. The number of non-ortho nitro benzene ring substituents is 1. The van der Waals surface area contributed by atoms with Gasteiger partial charge in [-0.25, -0.2) is 9.79 Å². The summed E-state index contributed by atoms with van der Waals surface area (Å²) in [5, 5.41) is 11.0. The molecule has 0 radical (unpaired) electrons. The Bertz CT molecular complexity index is 1570. The third-order valence-electron chi connectivity index (χ3n) is 5.73. The number of esters is 1. The molecule has 0 amide bonds. The molecule has 1 aromatic heterocycles. The fourth-order valence-corrected chi connectivity index (χ4v) is 5.18. The molecular weight excluding hydrogens is 498 g/mol. The zero-order valence-electron chi connectivity index (χ0n) is 20.7. The Balaban J connectivity index is 1.98. The van der Waals surface area contributed by atoms with Crippen LogP contribution in [-0.4, -0.2) is 35.8 Å². The molecule has 0 aliphatic carbocycles. The van der Waals surface area contributed by atoms with E-state index in [1.54, 1.807) is 50.3 Å². The van der Waals surface area contributed by atoms with E-state index in [0.29, 0.717) is 44.3 Å². The average molecular weight is 524 g/mol. The Morgan fingerprint density at radius 3 is 2.54 bits per heavy atom. The van der Waals surface area contributed by atoms with Crippen LogP contribution >= 0.6 is 11.3 Å². The zero-order chi connectivity index (χ0) is 26.7. The van der Waals surface area contributed by atoms with Crippen LogP contribution in [0.3, 0.4) is 0 Å². The fourth-order valence-electron chi connectivity index (χ4n) is 4.14. The molecule has 1 aliphatic heterocycles. The number of carbonyl (C=O) groups is 1. The molecule has 1 atom stereocenters. The number of nitro benzene ring substituents is 1. The molecule has 4 rings (SSSR count). The summed E-state index contributed by atoms with van der Waals surface area (Å²) in [6, 6.07) is 10.3. The van der Waals surface area contributed by atoms with Crippen LogP contribution < -0.4 is 24.4 Å². The number of allylic oxidation sites excluding steroid dienone is 1. The lowest BCUT2D eigenvalue weighted by atomic mass is 9.94. The minimum absolute atomic E-state index is 0.0465. The van der Waals surface area contributed by atoms with Crippen molar-refractivity contribution in [2.45, 2.75) is 26.8 Å². The zero-order valence-corrected chi connectivity index (χ0v) is 21.5. The molecule has 11 heteroatoms. The summed E-state index contributed by atoms with van der Waals surface area (Å²) in [7, 11) is 1.52. The molecule has 2 heterocycles. The number of benzene rings is 2. The highest BCUT2D eigenvalue weighted by molar-refractivity contribution is 7.07. The number of ether oxygens (including phenoxy) is 3. The van der Waals surface area contributed by atoms with Crippen molar-refractivity contribution in [3.63, 3.8) is 0 Å². The first-order valence-corrected chi connectivity index (χ1v) is 12.4. The second kappa shape index (κ2) is 10.8. The Kier molecular flexibility index (Phi) is 7.53. The highest BCUT2D eigenvalue weighted by Gasteiger charge is 2.35. The maximum absolute atomic E-state index is 13.8. The second-order valence-corrected chi connectivity index (χ2v) is 8.97. The van der Waals surface area contributed by atoms with Crippen molar-refractivity contribution in [2.24, 2.45) is 4.99 Å². The van der Waals surface area contributed by atoms with Crippen LogP contribution in [0.1, 0.15) is 37.9 Å². The number of fused-ring (bicyclic) bond motifs is 1. The van der Waals surface area contributed by atoms with Gasteiger partial charge in [-0.15, -0.1) is 0 Å². The molecule has 37 heavy (non-hydrogen) atoms. The summed E-state index contributed by atoms with van der Waals surface area (Å²) in [6.45, 7) is 5.74. The summed E-state index contributed by atoms with van der Waals surface area (Å²) in [4.78, 5) is 42.4. The number of rotatable bonds is 8. The number of methoxy groups -OCH3 is 1. The molecule has 0 bridgehead atoms. The number of nitrogens with zero attached hydrogens (tertiary/aromatic N) is 3. The van der Waals surface area contributed by atoms with Crippen LogP contribution in [0.2, 0.25) is 0 Å². The minimum atomic E-state index is -0.869. The van der Waals surface area contributed by atoms with Gasteiger partial charge in [0, 0.05) is 17.7 Å². The molecule has 1 aliphatic rings. The molecular formula is C26H25N3O7S. The smallest absolute Gasteiger partial charge is 0.338 e. The van der Waals surface area contributed by atoms with E-state index in [9.17, 15) is 19.7 Å². The second-order valence-electron chi connectivity index (χ2n) is 7.96. The SMILES string of the molecule is CCOC(=O)C1=C(C)N=c2s/c(=C/c3ccc([N+](=O)[O-])cc3)c(=O)n2[C@@H]1c1cccc(OC)c1OCC. The predicted octanol–water partition coefficient (Wildman–Crippen LogP) is 3.11. The van der Waals surface area contributed by atoms with E-state index in [1.807, 2.05) is 6.92 Å². The number of nitro groups is 1. The summed E-state index contributed by atoms with van der Waals surface area (Å²) in [5.74, 6) is 0.299. The van der Waals surface area contributed by atoms with Crippen LogP contribution in [0, 0.1) is 10.1 Å². The monoisotopic (exact) mass is 523 g/mol. The van der Waals surface area contributed by atoms with Gasteiger partial charge in [0.2, 0.25) is 0 Å². The number of carbonyl (C=O) groups excluding carboxylic acids is 1. The average Bonchev–Trinajstić information content (AvgIpc) is 3.18. The maximum atomic E-state index is 13.8. The van der Waals surface area contributed by atoms with Crippen LogP contribution in [0.25, 0.3) is 6.08 Å². The summed E-state index contributed by atoms with van der Waals surface area (Å²) in [5.41, 5.74) is 1.41. The molecule has 0 spiro atoms. The lowest BCUT2D eigenvalue weighted by molar-refractivity contribution is -0.384. The van der Waals surface area contributed by atoms with Crippen LogP contribution in [-0.2, 0) is 9.53 Å². The highest BCUT2D eigenvalue weighted by atomic mass is 32.1. The van der Waals surface area contributed by atoms with Gasteiger partial charge in [-0.1, -0.05) is 23.5 Å². The predicted molar refractivity (Wildman–Crippen MR) is 138 cm³/mol. The maximum Gasteiger partial charge on any atom is 0.338 e. The largest absolute Gasteiger partial charge is 0.493 e. The lowest BCUT2D eigenvalue weighted by Gasteiger charge is -2.26. The minimum Gasteiger partial charge on any atom is -0.493 e. The Hall–Kier alpha value is -4.25. The molecule has 2 aromatic carbocycles. The van der Waals surface area contributed by atoms with Gasteiger partial charge in [0.15, 0.2) is 16.3 Å². The quantitative estimate of drug-likeness (QED) is 0.253. The van der Waals surface area contributed by atoms with E-state index in [2.05, 4.69) is 4.99 Å². The molecule has 0 saturated carbocycles. The van der Waals surface area contributed by atoms with E-state index in [1.165, 1.54) is 23.8 Å². The van der Waals surface area contributed by atoms with Gasteiger partial charge in [-0.2, -0.15) is 0 Å². The topological polar surface area (TPSA) is 122 Å². The number of hydrogen-bond donors (Lipinski definition) is 0. The molecule has 10 nitrogen and oxygen atoms in total. The summed E-state index contributed by atoms with van der Waals surface area (Å²) in [6.07, 6.45) is 1.64. The van der Waals surface area contributed by atoms with E-state index in [4.69, 9.17) is 14.2 Å². The van der Waals surface area contributed by atoms with Crippen molar-refractivity contribution < 1.29 is 23.9 Å². The van der Waals surface area contributed by atoms with Gasteiger partial charge in [-0.3, -0.25) is 19.5 Å². The summed E-state index contributed by atoms with van der Waals surface area (Å²) >= 11 is 1.16. The van der Waals surface area contributed by atoms with Crippen LogP contribution in [0.15, 0.2) is 63.5 Å². The van der Waals surface area contributed by atoms with E-state index >= 15 is 0 Å². The normalized spacial score (nSPS) is 15.1. The van der Waals surface area contributed by atoms with E-state index in [-0.39, 0.29) is 23.4 Å². The van der Waals surface area contributed by atoms with Crippen LogP contribution in [0.5, 0.6) is 11.5 Å². The first-order valence-electron chi connectivity index (χ1n) is 11.5. The highest BCUT2D eigenvalue weighted by Crippen LogP contribution is 2.40. The first-order chi connectivity index (χ1) is 17.8. The van der Waals surface area contributed by atoms with Gasteiger partial charge < -0.3 is 14.2 Å². The fraction of sp³-hybridized carbons (Fsp3) is 0.269. The van der Waals surface area contributed by atoms with Crippen molar-refractivity contribution in [3.8, 4) is 11.5 Å². The Morgan fingerprint density at radius 2 is 1.92 bits per heavy atom. The van der Waals surface area contributed by atoms with Crippen LogP contribution in [0.4, 0.5) is 5.69 Å². The van der Waals surface area contributed by atoms with Crippen molar-refractivity contribution in [1.29, 1.82) is 0 Å². The van der Waals surface area contributed by atoms with Crippen molar-refractivity contribution in [2.75, 3.05) is 20.3 Å². The summed E-state index contributed by atoms with van der Waals surface area (Å²) < 4.78 is 18.6. The third-order valence-corrected chi connectivity index (χ3v) is 6.71. The standard InChI is InChI=1S/C26H25N3O7S/c1-5-35-23-18(8-7-9-19(23)34-4)22-21(25(31)36-6-2)15(3)27-26-28(22)24(30)20(37-26)14-16-10-12-17(13-11-16)29(32)33/h7-14,22H,5-6H2,1-4H3/b20-14+/t22-/m1/s1. The molecule has 0 fully saturated rings. The van der Waals surface area contributed by atoms with Gasteiger partial charge in [0.05, 0.1) is 41.0 Å². The number of para-hydroxylation sites is 1.